The van der Waals surface area contributed by atoms with Gasteiger partial charge < -0.3 is 9.47 Å². The maximum atomic E-state index is 5.88. The van der Waals surface area contributed by atoms with Crippen molar-refractivity contribution < 1.29 is 9.47 Å². The summed E-state index contributed by atoms with van der Waals surface area (Å²) in [7, 11) is 2.16. The van der Waals surface area contributed by atoms with Crippen molar-refractivity contribution in [3.63, 3.8) is 0 Å². The Kier molecular flexibility index (Phi) is 4.55. The summed E-state index contributed by atoms with van der Waals surface area (Å²) >= 11 is 0. The number of ether oxygens (including phenoxy) is 2. The Balaban J connectivity index is 1.41. The van der Waals surface area contributed by atoms with Gasteiger partial charge in [0.2, 0.25) is 0 Å². The Morgan fingerprint density at radius 2 is 1.95 bits per heavy atom. The average molecular weight is 276 g/mol. The standard InChI is InChI=1S/C16H24N2O2/c1-17-12-14-3-4-16(11-15(14)13-17)20-8-2-5-18-6-9-19-10-7-18/h3-4,11H,2,5-10,12-13H2,1H3. The lowest BCUT2D eigenvalue weighted by Gasteiger charge is -2.26. The zero-order valence-corrected chi connectivity index (χ0v) is 12.3. The molecule has 2 aliphatic rings. The second-order valence-corrected chi connectivity index (χ2v) is 5.76. The fraction of sp³-hybridized carbons (Fsp3) is 0.625. The van der Waals surface area contributed by atoms with Crippen LogP contribution in [0, 0.1) is 0 Å². The molecule has 1 aromatic carbocycles. The van der Waals surface area contributed by atoms with E-state index in [1.807, 2.05) is 0 Å². The largest absolute Gasteiger partial charge is 0.494 e. The van der Waals surface area contributed by atoms with Gasteiger partial charge >= 0.3 is 0 Å². The summed E-state index contributed by atoms with van der Waals surface area (Å²) in [6.45, 7) is 7.88. The van der Waals surface area contributed by atoms with Crippen LogP contribution >= 0.6 is 0 Å². The van der Waals surface area contributed by atoms with Crippen LogP contribution in [0.1, 0.15) is 17.5 Å². The Morgan fingerprint density at radius 3 is 2.80 bits per heavy atom. The van der Waals surface area contributed by atoms with Gasteiger partial charge in [-0.3, -0.25) is 9.80 Å². The van der Waals surface area contributed by atoms with E-state index >= 15 is 0 Å². The van der Waals surface area contributed by atoms with Gasteiger partial charge in [-0.1, -0.05) is 6.07 Å². The second-order valence-electron chi connectivity index (χ2n) is 5.76. The van der Waals surface area contributed by atoms with E-state index in [2.05, 4.69) is 35.0 Å². The molecule has 3 rings (SSSR count). The van der Waals surface area contributed by atoms with Crippen molar-refractivity contribution in [1.82, 2.24) is 9.80 Å². The SMILES string of the molecule is CN1Cc2ccc(OCCCN3CCOCC3)cc2C1. The molecule has 0 aliphatic carbocycles. The van der Waals surface area contributed by atoms with E-state index in [0.717, 1.165) is 64.7 Å². The van der Waals surface area contributed by atoms with Crippen LogP contribution in [-0.2, 0) is 17.8 Å². The molecule has 0 unspecified atom stereocenters. The molecule has 0 atom stereocenters. The normalized spacial score (nSPS) is 20.1. The molecule has 0 spiro atoms. The van der Waals surface area contributed by atoms with E-state index in [4.69, 9.17) is 9.47 Å². The zero-order valence-electron chi connectivity index (χ0n) is 12.3. The van der Waals surface area contributed by atoms with E-state index in [0.29, 0.717) is 0 Å². The van der Waals surface area contributed by atoms with Crippen molar-refractivity contribution in [1.29, 1.82) is 0 Å². The quantitative estimate of drug-likeness (QED) is 0.765. The molecule has 1 saturated heterocycles. The van der Waals surface area contributed by atoms with Crippen LogP contribution in [-0.4, -0.2) is 56.3 Å². The van der Waals surface area contributed by atoms with Gasteiger partial charge in [0, 0.05) is 32.7 Å². The van der Waals surface area contributed by atoms with Gasteiger partial charge in [0.25, 0.3) is 0 Å². The van der Waals surface area contributed by atoms with Crippen molar-refractivity contribution >= 4 is 0 Å². The lowest BCUT2D eigenvalue weighted by molar-refractivity contribution is 0.0358. The fourth-order valence-corrected chi connectivity index (χ4v) is 2.93. The number of nitrogens with zero attached hydrogens (tertiary/aromatic N) is 2. The smallest absolute Gasteiger partial charge is 0.119 e. The van der Waals surface area contributed by atoms with E-state index in [1.54, 1.807) is 0 Å². The number of hydrogen-bond acceptors (Lipinski definition) is 4. The summed E-state index contributed by atoms with van der Waals surface area (Å²) in [6, 6.07) is 6.51. The fourth-order valence-electron chi connectivity index (χ4n) is 2.93. The third kappa shape index (κ3) is 3.51. The monoisotopic (exact) mass is 276 g/mol. The highest BCUT2D eigenvalue weighted by Crippen LogP contribution is 2.25. The minimum atomic E-state index is 0.798. The third-order valence-electron chi connectivity index (χ3n) is 4.05. The van der Waals surface area contributed by atoms with E-state index in [-0.39, 0.29) is 0 Å². The number of hydrogen-bond donors (Lipinski definition) is 0. The number of benzene rings is 1. The van der Waals surface area contributed by atoms with Gasteiger partial charge in [0.1, 0.15) is 5.75 Å². The summed E-state index contributed by atoms with van der Waals surface area (Å²) in [5.74, 6) is 1.01. The molecule has 0 N–H and O–H groups in total. The first kappa shape index (κ1) is 13.9. The molecule has 0 amide bonds. The van der Waals surface area contributed by atoms with Crippen LogP contribution in [0.25, 0.3) is 0 Å². The number of rotatable bonds is 5. The molecule has 2 heterocycles. The molecule has 0 saturated carbocycles. The summed E-state index contributed by atoms with van der Waals surface area (Å²) in [6.07, 6.45) is 1.08. The summed E-state index contributed by atoms with van der Waals surface area (Å²) in [5.41, 5.74) is 2.85. The molecular formula is C16H24N2O2. The number of morpholine rings is 1. The first-order chi connectivity index (χ1) is 9.81. The van der Waals surface area contributed by atoms with E-state index < -0.39 is 0 Å². The van der Waals surface area contributed by atoms with Gasteiger partial charge in [-0.15, -0.1) is 0 Å². The van der Waals surface area contributed by atoms with Crippen LogP contribution in [0.5, 0.6) is 5.75 Å². The molecule has 1 fully saturated rings. The first-order valence-corrected chi connectivity index (χ1v) is 7.54. The molecular weight excluding hydrogens is 252 g/mol. The van der Waals surface area contributed by atoms with E-state index in [9.17, 15) is 0 Å². The summed E-state index contributed by atoms with van der Waals surface area (Å²) < 4.78 is 11.2. The summed E-state index contributed by atoms with van der Waals surface area (Å²) in [5, 5.41) is 0. The van der Waals surface area contributed by atoms with Crippen molar-refractivity contribution in [3.05, 3.63) is 29.3 Å². The molecule has 1 aromatic rings. The lowest BCUT2D eigenvalue weighted by atomic mass is 10.1. The highest BCUT2D eigenvalue weighted by Gasteiger charge is 2.15. The Labute approximate surface area is 121 Å². The predicted molar refractivity (Wildman–Crippen MR) is 79.0 cm³/mol. The second kappa shape index (κ2) is 6.57. The van der Waals surface area contributed by atoms with Crippen LogP contribution in [0.2, 0.25) is 0 Å². The molecule has 4 heteroatoms. The highest BCUT2D eigenvalue weighted by molar-refractivity contribution is 5.37. The molecule has 0 aromatic heterocycles. The Morgan fingerprint density at radius 1 is 1.15 bits per heavy atom. The van der Waals surface area contributed by atoms with Crippen molar-refractivity contribution in [2.45, 2.75) is 19.5 Å². The molecule has 110 valence electrons. The van der Waals surface area contributed by atoms with Crippen LogP contribution in [0.4, 0.5) is 0 Å². The van der Waals surface area contributed by atoms with Gasteiger partial charge in [0.05, 0.1) is 19.8 Å². The zero-order chi connectivity index (χ0) is 13.8. The Bertz CT molecular complexity index is 444. The van der Waals surface area contributed by atoms with Crippen molar-refractivity contribution in [2.24, 2.45) is 0 Å². The molecule has 0 bridgehead atoms. The van der Waals surface area contributed by atoms with Crippen molar-refractivity contribution in [3.8, 4) is 5.75 Å². The molecule has 20 heavy (non-hydrogen) atoms. The van der Waals surface area contributed by atoms with Gasteiger partial charge in [-0.25, -0.2) is 0 Å². The van der Waals surface area contributed by atoms with E-state index in [1.165, 1.54) is 11.1 Å². The summed E-state index contributed by atoms with van der Waals surface area (Å²) in [4.78, 5) is 4.78. The topological polar surface area (TPSA) is 24.9 Å². The predicted octanol–water partition coefficient (Wildman–Crippen LogP) is 1.73. The minimum absolute atomic E-state index is 0.798. The lowest BCUT2D eigenvalue weighted by Crippen LogP contribution is -2.37. The Hall–Kier alpha value is -1.10. The molecule has 4 nitrogen and oxygen atoms in total. The molecule has 2 aliphatic heterocycles. The third-order valence-corrected chi connectivity index (χ3v) is 4.05. The van der Waals surface area contributed by atoms with Gasteiger partial charge in [-0.2, -0.15) is 0 Å². The maximum absolute atomic E-state index is 5.88. The highest BCUT2D eigenvalue weighted by atomic mass is 16.5. The first-order valence-electron chi connectivity index (χ1n) is 7.54. The molecule has 0 radical (unpaired) electrons. The maximum Gasteiger partial charge on any atom is 0.119 e. The van der Waals surface area contributed by atoms with Crippen LogP contribution < -0.4 is 4.74 Å². The van der Waals surface area contributed by atoms with Gasteiger partial charge in [0.15, 0.2) is 0 Å². The average Bonchev–Trinajstić information content (AvgIpc) is 2.84. The van der Waals surface area contributed by atoms with Gasteiger partial charge in [-0.05, 0) is 36.7 Å². The van der Waals surface area contributed by atoms with Crippen molar-refractivity contribution in [2.75, 3.05) is 46.5 Å². The van der Waals surface area contributed by atoms with Crippen LogP contribution in [0.15, 0.2) is 18.2 Å². The van der Waals surface area contributed by atoms with Crippen LogP contribution in [0.3, 0.4) is 0 Å². The number of fused-ring (bicyclic) bond motifs is 1. The minimum Gasteiger partial charge on any atom is -0.494 e.